The van der Waals surface area contributed by atoms with Crippen LogP contribution in [-0.4, -0.2) is 48.9 Å². The third kappa shape index (κ3) is 2.67. The van der Waals surface area contributed by atoms with Gasteiger partial charge in [-0.25, -0.2) is 4.79 Å². The van der Waals surface area contributed by atoms with Gasteiger partial charge in [-0.1, -0.05) is 23.8 Å². The van der Waals surface area contributed by atoms with Crippen LogP contribution in [0.5, 0.6) is 0 Å². The molecule has 1 fully saturated rings. The number of benzene rings is 1. The average Bonchev–Trinajstić information content (AvgIpc) is 2.65. The monoisotopic (exact) mass is 275 g/mol. The van der Waals surface area contributed by atoms with E-state index in [1.54, 1.807) is 7.05 Å². The maximum absolute atomic E-state index is 12.0. The molecule has 0 saturated carbocycles. The van der Waals surface area contributed by atoms with Gasteiger partial charge in [0.1, 0.15) is 6.54 Å². The van der Waals surface area contributed by atoms with Crippen molar-refractivity contribution in [3.05, 3.63) is 34.9 Å². The highest BCUT2D eigenvalue weighted by atomic mass is 16.2. The Morgan fingerprint density at radius 1 is 1.30 bits per heavy atom. The zero-order chi connectivity index (χ0) is 14.9. The Hall–Kier alpha value is -1.88. The standard InChI is InChI=1S/C15H21N3O2/c1-10-5-6-11(2)12(7-10)13(16-3)8-18-14(19)9-17(4)15(18)20/h5-7,13,16H,8-9H2,1-4H3. The molecule has 5 heteroatoms. The van der Waals surface area contributed by atoms with E-state index in [9.17, 15) is 9.59 Å². The van der Waals surface area contributed by atoms with E-state index in [2.05, 4.69) is 23.5 Å². The molecule has 1 atom stereocenters. The van der Waals surface area contributed by atoms with Crippen molar-refractivity contribution in [1.82, 2.24) is 15.1 Å². The van der Waals surface area contributed by atoms with E-state index in [0.717, 1.165) is 11.1 Å². The third-order valence-electron chi connectivity index (χ3n) is 3.75. The molecule has 1 aliphatic heterocycles. The Balaban J connectivity index is 2.23. The summed E-state index contributed by atoms with van der Waals surface area (Å²) in [6.07, 6.45) is 0. The Morgan fingerprint density at radius 3 is 2.55 bits per heavy atom. The number of carbonyl (C=O) groups excluding carboxylic acids is 2. The summed E-state index contributed by atoms with van der Waals surface area (Å²) in [6.45, 7) is 4.61. The largest absolute Gasteiger partial charge is 0.327 e. The summed E-state index contributed by atoms with van der Waals surface area (Å²) in [6, 6.07) is 5.96. The first-order chi connectivity index (χ1) is 9.43. The molecule has 0 radical (unpaired) electrons. The normalized spacial score (nSPS) is 17.0. The minimum absolute atomic E-state index is 0.0469. The number of imide groups is 1. The Bertz CT molecular complexity index is 542. The lowest BCUT2D eigenvalue weighted by molar-refractivity contribution is -0.125. The van der Waals surface area contributed by atoms with Crippen LogP contribution in [0.25, 0.3) is 0 Å². The molecule has 20 heavy (non-hydrogen) atoms. The van der Waals surface area contributed by atoms with Crippen molar-refractivity contribution in [2.45, 2.75) is 19.9 Å². The van der Waals surface area contributed by atoms with Gasteiger partial charge in [-0.3, -0.25) is 9.69 Å². The van der Waals surface area contributed by atoms with Gasteiger partial charge in [0.15, 0.2) is 0 Å². The van der Waals surface area contributed by atoms with Crippen LogP contribution in [0.3, 0.4) is 0 Å². The number of likely N-dealkylation sites (N-methyl/N-ethyl adjacent to an activating group) is 2. The molecular weight excluding hydrogens is 254 g/mol. The third-order valence-corrected chi connectivity index (χ3v) is 3.75. The minimum Gasteiger partial charge on any atom is -0.318 e. The molecule has 1 unspecified atom stereocenters. The average molecular weight is 275 g/mol. The fourth-order valence-electron chi connectivity index (χ4n) is 2.51. The van der Waals surface area contributed by atoms with Crippen molar-refractivity contribution in [2.75, 3.05) is 27.2 Å². The van der Waals surface area contributed by atoms with Gasteiger partial charge in [0.25, 0.3) is 0 Å². The molecule has 0 spiro atoms. The first-order valence-electron chi connectivity index (χ1n) is 6.74. The second-order valence-electron chi connectivity index (χ2n) is 5.34. The van der Waals surface area contributed by atoms with Crippen LogP contribution in [0, 0.1) is 13.8 Å². The van der Waals surface area contributed by atoms with Crippen LogP contribution >= 0.6 is 0 Å². The molecule has 2 rings (SSSR count). The maximum Gasteiger partial charge on any atom is 0.327 e. The van der Waals surface area contributed by atoms with Crippen molar-refractivity contribution < 1.29 is 9.59 Å². The minimum atomic E-state index is -0.222. The van der Waals surface area contributed by atoms with Gasteiger partial charge in [-0.15, -0.1) is 0 Å². The summed E-state index contributed by atoms with van der Waals surface area (Å²) in [5.74, 6) is -0.136. The van der Waals surface area contributed by atoms with Crippen LogP contribution in [0.1, 0.15) is 22.7 Å². The van der Waals surface area contributed by atoms with Crippen LogP contribution in [0.15, 0.2) is 18.2 Å². The number of nitrogens with zero attached hydrogens (tertiary/aromatic N) is 2. The van der Waals surface area contributed by atoms with Crippen molar-refractivity contribution >= 4 is 11.9 Å². The van der Waals surface area contributed by atoms with E-state index in [-0.39, 0.29) is 24.5 Å². The number of amides is 3. The van der Waals surface area contributed by atoms with E-state index in [4.69, 9.17) is 0 Å². The lowest BCUT2D eigenvalue weighted by Crippen LogP contribution is -2.38. The van der Waals surface area contributed by atoms with E-state index in [1.165, 1.54) is 15.4 Å². The number of nitrogens with one attached hydrogen (secondary N) is 1. The molecule has 0 aliphatic carbocycles. The summed E-state index contributed by atoms with van der Waals surface area (Å²) in [7, 11) is 3.49. The van der Waals surface area contributed by atoms with E-state index < -0.39 is 0 Å². The predicted octanol–water partition coefficient (Wildman–Crippen LogP) is 1.46. The van der Waals surface area contributed by atoms with Gasteiger partial charge >= 0.3 is 6.03 Å². The van der Waals surface area contributed by atoms with Gasteiger partial charge in [0, 0.05) is 13.6 Å². The SMILES string of the molecule is CNC(CN1C(=O)CN(C)C1=O)c1cc(C)ccc1C. The quantitative estimate of drug-likeness (QED) is 0.846. The van der Waals surface area contributed by atoms with Gasteiger partial charge < -0.3 is 10.2 Å². The van der Waals surface area contributed by atoms with Crippen LogP contribution < -0.4 is 5.32 Å². The molecule has 1 saturated heterocycles. The molecule has 0 bridgehead atoms. The second-order valence-corrected chi connectivity index (χ2v) is 5.34. The van der Waals surface area contributed by atoms with Gasteiger partial charge in [0.05, 0.1) is 6.04 Å². The van der Waals surface area contributed by atoms with Crippen LogP contribution in [0.4, 0.5) is 4.79 Å². The molecule has 108 valence electrons. The fourth-order valence-corrected chi connectivity index (χ4v) is 2.51. The summed E-state index contributed by atoms with van der Waals surface area (Å²) in [5.41, 5.74) is 3.45. The number of hydrogen-bond donors (Lipinski definition) is 1. The molecular formula is C15H21N3O2. The Morgan fingerprint density at radius 2 is 2.00 bits per heavy atom. The summed E-state index contributed by atoms with van der Waals surface area (Å²) >= 11 is 0. The molecule has 1 N–H and O–H groups in total. The fraction of sp³-hybridized carbons (Fsp3) is 0.467. The number of carbonyl (C=O) groups is 2. The summed E-state index contributed by atoms with van der Waals surface area (Å²) in [4.78, 5) is 26.6. The zero-order valence-electron chi connectivity index (χ0n) is 12.4. The van der Waals surface area contributed by atoms with Crippen LogP contribution in [-0.2, 0) is 4.79 Å². The van der Waals surface area contributed by atoms with Crippen molar-refractivity contribution in [2.24, 2.45) is 0 Å². The molecule has 1 aromatic carbocycles. The topological polar surface area (TPSA) is 52.7 Å². The number of urea groups is 1. The molecule has 0 aromatic heterocycles. The highest BCUT2D eigenvalue weighted by Gasteiger charge is 2.35. The van der Waals surface area contributed by atoms with E-state index >= 15 is 0 Å². The number of aryl methyl sites for hydroxylation is 2. The molecule has 3 amide bonds. The van der Waals surface area contributed by atoms with Crippen LogP contribution in [0.2, 0.25) is 0 Å². The lowest BCUT2D eigenvalue weighted by atomic mass is 9.98. The first kappa shape index (κ1) is 14.5. The summed E-state index contributed by atoms with van der Waals surface area (Å²) in [5, 5.41) is 3.20. The molecule has 5 nitrogen and oxygen atoms in total. The predicted molar refractivity (Wildman–Crippen MR) is 77.5 cm³/mol. The van der Waals surface area contributed by atoms with Crippen molar-refractivity contribution in [1.29, 1.82) is 0 Å². The number of hydrogen-bond acceptors (Lipinski definition) is 3. The number of rotatable bonds is 4. The van der Waals surface area contributed by atoms with E-state index in [1.807, 2.05) is 20.9 Å². The Labute approximate surface area is 119 Å². The molecule has 1 heterocycles. The van der Waals surface area contributed by atoms with Crippen molar-refractivity contribution in [3.63, 3.8) is 0 Å². The zero-order valence-corrected chi connectivity index (χ0v) is 12.4. The molecule has 1 aliphatic rings. The maximum atomic E-state index is 12.0. The first-order valence-corrected chi connectivity index (χ1v) is 6.74. The highest BCUT2D eigenvalue weighted by Crippen LogP contribution is 2.22. The summed E-state index contributed by atoms with van der Waals surface area (Å²) < 4.78 is 0. The van der Waals surface area contributed by atoms with Crippen molar-refractivity contribution in [3.8, 4) is 0 Å². The Kier molecular flexibility index (Phi) is 4.09. The highest BCUT2D eigenvalue weighted by molar-refractivity contribution is 6.01. The van der Waals surface area contributed by atoms with E-state index in [0.29, 0.717) is 6.54 Å². The lowest BCUT2D eigenvalue weighted by Gasteiger charge is -2.24. The van der Waals surface area contributed by atoms with Gasteiger partial charge in [-0.2, -0.15) is 0 Å². The molecule has 1 aromatic rings. The smallest absolute Gasteiger partial charge is 0.318 e. The second kappa shape index (κ2) is 5.63. The van der Waals surface area contributed by atoms with Gasteiger partial charge in [-0.05, 0) is 32.0 Å². The van der Waals surface area contributed by atoms with Gasteiger partial charge in [0.2, 0.25) is 5.91 Å².